The Morgan fingerprint density at radius 2 is 1.70 bits per heavy atom. The molecule has 0 bridgehead atoms. The van der Waals surface area contributed by atoms with E-state index in [1.807, 2.05) is 12.1 Å². The van der Waals surface area contributed by atoms with Crippen LogP contribution in [-0.4, -0.2) is 51.5 Å². The number of hydrazine groups is 1. The molecule has 0 aliphatic carbocycles. The van der Waals surface area contributed by atoms with Gasteiger partial charge in [-0.05, 0) is 40.7 Å². The van der Waals surface area contributed by atoms with Crippen LogP contribution in [0.2, 0.25) is 0 Å². The van der Waals surface area contributed by atoms with Gasteiger partial charge in [-0.25, -0.2) is 13.4 Å². The van der Waals surface area contributed by atoms with Gasteiger partial charge in [0.1, 0.15) is 5.75 Å². The fourth-order valence-corrected chi connectivity index (χ4v) is 4.41. The number of sulfonamides is 1. The molecule has 1 fully saturated rings. The second-order valence-electron chi connectivity index (χ2n) is 9.03. The predicted molar refractivity (Wildman–Crippen MR) is 121 cm³/mol. The van der Waals surface area contributed by atoms with E-state index in [9.17, 15) is 8.42 Å². The molecule has 0 amide bonds. The molecule has 1 aliphatic rings. The highest BCUT2D eigenvalue weighted by molar-refractivity contribution is 7.88. The third kappa shape index (κ3) is 6.04. The summed E-state index contributed by atoms with van der Waals surface area (Å²) in [6.45, 7) is 8.61. The van der Waals surface area contributed by atoms with Crippen LogP contribution in [0.5, 0.6) is 5.75 Å². The molecule has 2 aromatic rings. The summed E-state index contributed by atoms with van der Waals surface area (Å²) in [4.78, 5) is 4.97. The molecule has 1 aliphatic heterocycles. The zero-order valence-electron chi connectivity index (χ0n) is 18.6. The molecule has 3 rings (SSSR count). The van der Waals surface area contributed by atoms with E-state index in [-0.39, 0.29) is 11.5 Å². The first-order valence-corrected chi connectivity index (χ1v) is 12.1. The van der Waals surface area contributed by atoms with Gasteiger partial charge in [0.25, 0.3) is 0 Å². The summed E-state index contributed by atoms with van der Waals surface area (Å²) in [5, 5.41) is 1.78. The van der Waals surface area contributed by atoms with Gasteiger partial charge >= 0.3 is 0 Å². The number of benzene rings is 2. The summed E-state index contributed by atoms with van der Waals surface area (Å²) < 4.78 is 28.7. The predicted octanol–water partition coefficient (Wildman–Crippen LogP) is 3.32. The molecule has 0 radical (unpaired) electrons. The normalized spacial score (nSPS) is 18.6. The van der Waals surface area contributed by atoms with Gasteiger partial charge in [0.15, 0.2) is 0 Å². The van der Waals surface area contributed by atoms with Gasteiger partial charge < -0.3 is 4.74 Å². The van der Waals surface area contributed by atoms with E-state index in [1.165, 1.54) is 22.9 Å². The van der Waals surface area contributed by atoms with Crippen LogP contribution in [0.15, 0.2) is 48.5 Å². The maximum atomic E-state index is 11.7. The van der Waals surface area contributed by atoms with Crippen molar-refractivity contribution in [2.24, 2.45) is 0 Å². The second kappa shape index (κ2) is 9.06. The van der Waals surface area contributed by atoms with Crippen LogP contribution in [-0.2, 0) is 21.9 Å². The van der Waals surface area contributed by atoms with Crippen LogP contribution >= 0.6 is 0 Å². The van der Waals surface area contributed by atoms with Crippen molar-refractivity contribution in [3.63, 3.8) is 0 Å². The van der Waals surface area contributed by atoms with Crippen LogP contribution in [0, 0.1) is 0 Å². The zero-order valence-corrected chi connectivity index (χ0v) is 19.4. The Bertz CT molecular complexity index is 935. The fraction of sp³-hybridized carbons (Fsp3) is 0.478. The molecule has 30 heavy (non-hydrogen) atoms. The summed E-state index contributed by atoms with van der Waals surface area (Å²) in [7, 11) is -1.64. The molecule has 164 valence electrons. The molecule has 1 saturated heterocycles. The Morgan fingerprint density at radius 1 is 1.07 bits per heavy atom. The van der Waals surface area contributed by atoms with E-state index >= 15 is 0 Å². The maximum absolute atomic E-state index is 11.7. The van der Waals surface area contributed by atoms with Crippen molar-refractivity contribution >= 4 is 10.0 Å². The van der Waals surface area contributed by atoms with Crippen molar-refractivity contribution in [3.8, 4) is 5.75 Å². The molecule has 0 aromatic heterocycles. The number of rotatable bonds is 7. The highest BCUT2D eigenvalue weighted by atomic mass is 32.2. The van der Waals surface area contributed by atoms with E-state index in [1.54, 1.807) is 12.1 Å². The average Bonchev–Trinajstić information content (AvgIpc) is 3.07. The SMILES string of the molecule is COc1ccc(CCN2CN(NS(C)(=O)=O)CC2c2ccc(C(C)(C)C)cc2)cc1. The number of nitrogens with one attached hydrogen (secondary N) is 1. The topological polar surface area (TPSA) is 61.9 Å². The summed E-state index contributed by atoms with van der Waals surface area (Å²) in [6.07, 6.45) is 2.08. The van der Waals surface area contributed by atoms with Crippen molar-refractivity contribution in [2.45, 2.75) is 38.6 Å². The lowest BCUT2D eigenvalue weighted by atomic mass is 9.86. The Labute approximate surface area is 180 Å². The number of ether oxygens (including phenoxy) is 1. The fourth-order valence-electron chi connectivity index (χ4n) is 3.81. The van der Waals surface area contributed by atoms with Gasteiger partial charge in [0.05, 0.1) is 26.1 Å². The highest BCUT2D eigenvalue weighted by Gasteiger charge is 2.32. The molecule has 0 saturated carbocycles. The van der Waals surface area contributed by atoms with Gasteiger partial charge in [0.2, 0.25) is 10.0 Å². The highest BCUT2D eigenvalue weighted by Crippen LogP contribution is 2.30. The number of nitrogens with zero attached hydrogens (tertiary/aromatic N) is 2. The molecule has 6 nitrogen and oxygen atoms in total. The average molecular weight is 432 g/mol. The lowest BCUT2D eigenvalue weighted by Gasteiger charge is -2.25. The molecule has 2 aromatic carbocycles. The van der Waals surface area contributed by atoms with Gasteiger partial charge in [-0.3, -0.25) is 4.90 Å². The minimum absolute atomic E-state index is 0.103. The van der Waals surface area contributed by atoms with Crippen LogP contribution in [0.1, 0.15) is 43.5 Å². The molecule has 0 spiro atoms. The van der Waals surface area contributed by atoms with Gasteiger partial charge in [-0.2, -0.15) is 0 Å². The van der Waals surface area contributed by atoms with Crippen molar-refractivity contribution < 1.29 is 13.2 Å². The minimum atomic E-state index is -3.30. The summed E-state index contributed by atoms with van der Waals surface area (Å²) in [5.41, 5.74) is 3.83. The lowest BCUT2D eigenvalue weighted by molar-refractivity contribution is 0.211. The monoisotopic (exact) mass is 431 g/mol. The summed E-state index contributed by atoms with van der Waals surface area (Å²) >= 11 is 0. The largest absolute Gasteiger partial charge is 0.497 e. The summed E-state index contributed by atoms with van der Waals surface area (Å²) in [5.74, 6) is 0.847. The Kier molecular flexibility index (Phi) is 6.87. The number of hydrogen-bond donors (Lipinski definition) is 1. The van der Waals surface area contributed by atoms with E-state index < -0.39 is 10.0 Å². The van der Waals surface area contributed by atoms with Crippen LogP contribution < -0.4 is 9.57 Å². The first-order valence-electron chi connectivity index (χ1n) is 10.2. The Hall–Kier alpha value is -1.93. The van der Waals surface area contributed by atoms with Crippen LogP contribution in [0.4, 0.5) is 0 Å². The Morgan fingerprint density at radius 3 is 2.23 bits per heavy atom. The zero-order chi connectivity index (χ0) is 21.9. The van der Waals surface area contributed by atoms with Gasteiger partial charge in [-0.15, -0.1) is 4.83 Å². The smallest absolute Gasteiger partial charge is 0.221 e. The van der Waals surface area contributed by atoms with Crippen LogP contribution in [0.3, 0.4) is 0 Å². The van der Waals surface area contributed by atoms with Crippen molar-refractivity contribution in [3.05, 3.63) is 65.2 Å². The first-order chi connectivity index (χ1) is 14.0. The molecule has 1 unspecified atom stereocenters. The van der Waals surface area contributed by atoms with Gasteiger partial charge in [0, 0.05) is 13.1 Å². The van der Waals surface area contributed by atoms with E-state index in [2.05, 4.69) is 66.9 Å². The second-order valence-corrected chi connectivity index (χ2v) is 10.8. The van der Waals surface area contributed by atoms with Crippen molar-refractivity contribution in [1.29, 1.82) is 0 Å². The standard InChI is InChI=1S/C23H33N3O3S/c1-23(2,3)20-10-8-19(9-11-20)22-16-26(24-30(5,27)28)17-25(22)15-14-18-6-12-21(29-4)13-7-18/h6-13,22,24H,14-17H2,1-5H3. The molecular weight excluding hydrogens is 398 g/mol. The molecule has 1 N–H and O–H groups in total. The first kappa shape index (κ1) is 22.7. The van der Waals surface area contributed by atoms with E-state index in [0.29, 0.717) is 13.2 Å². The van der Waals surface area contributed by atoms with Crippen molar-refractivity contribution in [1.82, 2.24) is 14.7 Å². The van der Waals surface area contributed by atoms with Crippen molar-refractivity contribution in [2.75, 3.05) is 33.1 Å². The lowest BCUT2D eigenvalue weighted by Crippen LogP contribution is -2.41. The van der Waals surface area contributed by atoms with Crippen LogP contribution in [0.25, 0.3) is 0 Å². The van der Waals surface area contributed by atoms with E-state index in [0.717, 1.165) is 18.7 Å². The number of hydrogen-bond acceptors (Lipinski definition) is 5. The minimum Gasteiger partial charge on any atom is -0.497 e. The maximum Gasteiger partial charge on any atom is 0.221 e. The quantitative estimate of drug-likeness (QED) is 0.729. The van der Waals surface area contributed by atoms with E-state index in [4.69, 9.17) is 4.74 Å². The third-order valence-electron chi connectivity index (χ3n) is 5.49. The molecule has 1 atom stereocenters. The molecule has 1 heterocycles. The van der Waals surface area contributed by atoms with Gasteiger partial charge in [-0.1, -0.05) is 57.2 Å². The molecule has 7 heteroatoms. The molecular formula is C23H33N3O3S. The summed E-state index contributed by atoms with van der Waals surface area (Å²) in [6, 6.07) is 17.0. The number of methoxy groups -OCH3 is 1. The third-order valence-corrected chi connectivity index (χ3v) is 6.08. The Balaban J connectivity index is 1.76.